The Morgan fingerprint density at radius 3 is 2.62 bits per heavy atom. The Balaban J connectivity index is 2.20. The molecule has 3 rings (SSSR count). The normalized spacial score (nSPS) is 51.1. The second-order valence-corrected chi connectivity index (χ2v) is 6.75. The summed E-state index contributed by atoms with van der Waals surface area (Å²) in [5.41, 5.74) is 3.64. The van der Waals surface area contributed by atoms with Gasteiger partial charge in [0.05, 0.1) is 0 Å². The van der Waals surface area contributed by atoms with Crippen molar-refractivity contribution < 1.29 is 4.79 Å². The average Bonchev–Trinajstić information content (AvgIpc) is 2.69. The second-order valence-electron chi connectivity index (χ2n) is 6.75. The summed E-state index contributed by atoms with van der Waals surface area (Å²) in [6, 6.07) is 0. The van der Waals surface area contributed by atoms with Crippen LogP contribution in [0, 0.1) is 22.7 Å². The van der Waals surface area contributed by atoms with Crippen molar-refractivity contribution in [3.8, 4) is 0 Å². The first-order valence-electron chi connectivity index (χ1n) is 6.62. The Hall–Kier alpha value is -0.590. The third-order valence-corrected chi connectivity index (χ3v) is 6.05. The number of hydrogen-bond acceptors (Lipinski definition) is 1. The van der Waals surface area contributed by atoms with Crippen molar-refractivity contribution >= 4 is 5.78 Å². The Morgan fingerprint density at radius 1 is 1.25 bits per heavy atom. The lowest BCUT2D eigenvalue weighted by Crippen LogP contribution is -2.35. The van der Waals surface area contributed by atoms with E-state index < -0.39 is 0 Å². The van der Waals surface area contributed by atoms with E-state index in [0.29, 0.717) is 17.6 Å². The predicted octanol–water partition coefficient (Wildman–Crippen LogP) is 3.74. The van der Waals surface area contributed by atoms with E-state index in [1.54, 1.807) is 11.1 Å². The summed E-state index contributed by atoms with van der Waals surface area (Å²) in [5, 5.41) is 0. The van der Waals surface area contributed by atoms with Gasteiger partial charge in [-0.15, -0.1) is 0 Å². The molecule has 0 aromatic carbocycles. The topological polar surface area (TPSA) is 17.1 Å². The number of Topliss-reactive ketones (excluding diaryl/α,β-unsaturated/α-hetero) is 1. The molecule has 1 nitrogen and oxygen atoms in total. The lowest BCUT2D eigenvalue weighted by molar-refractivity contribution is -0.122. The molecule has 0 amide bonds. The van der Waals surface area contributed by atoms with E-state index in [1.165, 1.54) is 12.8 Å². The molecule has 2 saturated carbocycles. The standard InChI is InChI=1S/C15H22O/c1-9-5-6-15-11(3)10(2)7-14(15,4)8-12(16)13(9)15/h9,13H,5-8H2,1-4H3/t9-,13+,14+,15?/m0/s1. The summed E-state index contributed by atoms with van der Waals surface area (Å²) in [5.74, 6) is 1.50. The van der Waals surface area contributed by atoms with Crippen molar-refractivity contribution in [3.05, 3.63) is 11.1 Å². The molecule has 0 bridgehead atoms. The number of ketones is 1. The van der Waals surface area contributed by atoms with Crippen LogP contribution in [0.4, 0.5) is 0 Å². The van der Waals surface area contributed by atoms with Gasteiger partial charge in [-0.25, -0.2) is 0 Å². The van der Waals surface area contributed by atoms with Crippen molar-refractivity contribution in [1.29, 1.82) is 0 Å². The van der Waals surface area contributed by atoms with Crippen molar-refractivity contribution in [2.75, 3.05) is 0 Å². The molecular formula is C15H22O. The van der Waals surface area contributed by atoms with Crippen LogP contribution >= 0.6 is 0 Å². The molecule has 0 saturated heterocycles. The Kier molecular flexibility index (Phi) is 1.85. The fraction of sp³-hybridized carbons (Fsp3) is 0.800. The van der Waals surface area contributed by atoms with Gasteiger partial charge in [-0.1, -0.05) is 25.0 Å². The maximum Gasteiger partial charge on any atom is 0.137 e. The van der Waals surface area contributed by atoms with Crippen LogP contribution in [-0.2, 0) is 4.79 Å². The number of carbonyl (C=O) groups excluding carboxylic acids is 1. The van der Waals surface area contributed by atoms with Crippen LogP contribution in [-0.4, -0.2) is 5.78 Å². The van der Waals surface area contributed by atoms with Crippen LogP contribution in [0.3, 0.4) is 0 Å². The van der Waals surface area contributed by atoms with Gasteiger partial charge in [0.1, 0.15) is 5.78 Å². The van der Waals surface area contributed by atoms with Crippen molar-refractivity contribution in [3.63, 3.8) is 0 Å². The van der Waals surface area contributed by atoms with Crippen molar-refractivity contribution in [2.24, 2.45) is 22.7 Å². The highest BCUT2D eigenvalue weighted by Crippen LogP contribution is 2.72. The van der Waals surface area contributed by atoms with Gasteiger partial charge in [0.15, 0.2) is 0 Å². The van der Waals surface area contributed by atoms with E-state index in [4.69, 9.17) is 0 Å². The minimum Gasteiger partial charge on any atom is -0.299 e. The largest absolute Gasteiger partial charge is 0.299 e. The Morgan fingerprint density at radius 2 is 1.94 bits per heavy atom. The fourth-order valence-corrected chi connectivity index (χ4v) is 5.38. The van der Waals surface area contributed by atoms with Crippen LogP contribution in [0.2, 0.25) is 0 Å². The number of hydrogen-bond donors (Lipinski definition) is 0. The summed E-state index contributed by atoms with van der Waals surface area (Å²) in [6.45, 7) is 9.22. The van der Waals surface area contributed by atoms with E-state index in [1.807, 2.05) is 0 Å². The van der Waals surface area contributed by atoms with Gasteiger partial charge in [-0.3, -0.25) is 4.79 Å². The Bertz CT molecular complexity index is 406. The molecule has 1 unspecified atom stereocenters. The molecule has 16 heavy (non-hydrogen) atoms. The molecule has 0 aliphatic heterocycles. The summed E-state index contributed by atoms with van der Waals surface area (Å²) >= 11 is 0. The monoisotopic (exact) mass is 218 g/mol. The van der Waals surface area contributed by atoms with Gasteiger partial charge in [0.2, 0.25) is 0 Å². The molecule has 2 fully saturated rings. The third kappa shape index (κ3) is 0.881. The molecular weight excluding hydrogens is 196 g/mol. The summed E-state index contributed by atoms with van der Waals surface area (Å²) < 4.78 is 0. The minimum atomic E-state index is 0.258. The zero-order chi connectivity index (χ0) is 11.7. The minimum absolute atomic E-state index is 0.258. The quantitative estimate of drug-likeness (QED) is 0.566. The molecule has 0 aromatic rings. The maximum atomic E-state index is 12.3. The first-order valence-corrected chi connectivity index (χ1v) is 6.62. The lowest BCUT2D eigenvalue weighted by Gasteiger charge is -2.39. The van der Waals surface area contributed by atoms with E-state index in [-0.39, 0.29) is 10.8 Å². The van der Waals surface area contributed by atoms with Gasteiger partial charge < -0.3 is 0 Å². The lowest BCUT2D eigenvalue weighted by atomic mass is 9.63. The average molecular weight is 218 g/mol. The summed E-state index contributed by atoms with van der Waals surface area (Å²) in [7, 11) is 0. The molecule has 0 N–H and O–H groups in total. The van der Waals surface area contributed by atoms with E-state index in [0.717, 1.165) is 12.8 Å². The summed E-state index contributed by atoms with van der Waals surface area (Å²) in [4.78, 5) is 12.3. The molecule has 3 aliphatic carbocycles. The number of allylic oxidation sites excluding steroid dienone is 2. The van der Waals surface area contributed by atoms with Gasteiger partial charge in [0.25, 0.3) is 0 Å². The van der Waals surface area contributed by atoms with E-state index in [2.05, 4.69) is 27.7 Å². The number of rotatable bonds is 0. The van der Waals surface area contributed by atoms with Crippen LogP contribution in [0.5, 0.6) is 0 Å². The second kappa shape index (κ2) is 2.80. The predicted molar refractivity (Wildman–Crippen MR) is 65.0 cm³/mol. The highest BCUT2D eigenvalue weighted by Gasteiger charge is 2.68. The van der Waals surface area contributed by atoms with E-state index >= 15 is 0 Å². The van der Waals surface area contributed by atoms with Gasteiger partial charge in [-0.05, 0) is 44.4 Å². The van der Waals surface area contributed by atoms with Gasteiger partial charge in [0, 0.05) is 17.8 Å². The van der Waals surface area contributed by atoms with Crippen LogP contribution in [0.15, 0.2) is 11.1 Å². The molecule has 4 atom stereocenters. The molecule has 1 spiro atoms. The smallest absolute Gasteiger partial charge is 0.137 e. The molecule has 88 valence electrons. The first kappa shape index (κ1) is 10.6. The number of carbonyl (C=O) groups is 1. The molecule has 0 heterocycles. The Labute approximate surface area is 98.3 Å². The molecule has 1 heteroatoms. The zero-order valence-electron chi connectivity index (χ0n) is 10.9. The van der Waals surface area contributed by atoms with Crippen LogP contribution in [0.25, 0.3) is 0 Å². The maximum absolute atomic E-state index is 12.3. The van der Waals surface area contributed by atoms with Gasteiger partial charge in [-0.2, -0.15) is 0 Å². The SMILES string of the molecule is CC1=C(C)C23CC[C@H](C)[C@@H]2C(=O)C[C@@]3(C)C1. The third-order valence-electron chi connectivity index (χ3n) is 6.05. The van der Waals surface area contributed by atoms with Crippen molar-refractivity contribution in [2.45, 2.75) is 53.4 Å². The van der Waals surface area contributed by atoms with Crippen LogP contribution in [0.1, 0.15) is 53.4 Å². The highest BCUT2D eigenvalue weighted by atomic mass is 16.1. The van der Waals surface area contributed by atoms with E-state index in [9.17, 15) is 4.79 Å². The van der Waals surface area contributed by atoms with Crippen molar-refractivity contribution in [1.82, 2.24) is 0 Å². The van der Waals surface area contributed by atoms with Gasteiger partial charge >= 0.3 is 0 Å². The molecule has 0 radical (unpaired) electrons. The zero-order valence-corrected chi connectivity index (χ0v) is 10.9. The van der Waals surface area contributed by atoms with Crippen LogP contribution < -0.4 is 0 Å². The summed E-state index contributed by atoms with van der Waals surface area (Å²) in [6.07, 6.45) is 4.49. The fourth-order valence-electron chi connectivity index (χ4n) is 5.38. The molecule has 0 aromatic heterocycles. The molecule has 3 aliphatic rings. The highest BCUT2D eigenvalue weighted by molar-refractivity contribution is 5.88. The first-order chi connectivity index (χ1) is 7.42.